The largest absolute Gasteiger partial charge is 0.471 e. The van der Waals surface area contributed by atoms with Gasteiger partial charge in [-0.15, -0.1) is 0 Å². The van der Waals surface area contributed by atoms with E-state index in [4.69, 9.17) is 23.2 Å². The molecule has 1 aromatic heterocycles. The van der Waals surface area contributed by atoms with Crippen molar-refractivity contribution >= 4 is 34.8 Å². The van der Waals surface area contributed by atoms with Gasteiger partial charge in [0.25, 0.3) is 0 Å². The quantitative estimate of drug-likeness (QED) is 0.446. The molecule has 0 radical (unpaired) electrons. The summed E-state index contributed by atoms with van der Waals surface area (Å²) in [5.74, 6) is -2.00. The van der Waals surface area contributed by atoms with E-state index < -0.39 is 34.4 Å². The van der Waals surface area contributed by atoms with Crippen molar-refractivity contribution in [3.05, 3.63) is 31.5 Å². The fourth-order valence-electron chi connectivity index (χ4n) is 2.00. The van der Waals surface area contributed by atoms with Crippen molar-refractivity contribution in [2.24, 2.45) is 0 Å². The van der Waals surface area contributed by atoms with Gasteiger partial charge in [-0.3, -0.25) is 14.9 Å². The Bertz CT molecular complexity index is 636. The van der Waals surface area contributed by atoms with E-state index in [0.717, 1.165) is 0 Å². The lowest BCUT2D eigenvalue weighted by atomic mass is 10.0. The lowest BCUT2D eigenvalue weighted by molar-refractivity contribution is -0.384. The van der Waals surface area contributed by atoms with Gasteiger partial charge in [0, 0.05) is 12.1 Å². The van der Waals surface area contributed by atoms with Gasteiger partial charge in [-0.1, -0.05) is 23.2 Å². The van der Waals surface area contributed by atoms with Gasteiger partial charge < -0.3 is 4.90 Å². The van der Waals surface area contributed by atoms with Crippen LogP contribution in [0.25, 0.3) is 0 Å². The van der Waals surface area contributed by atoms with E-state index in [1.165, 1.54) is 0 Å². The maximum Gasteiger partial charge on any atom is 0.471 e. The van der Waals surface area contributed by atoms with Crippen LogP contribution in [0.2, 0.25) is 10.2 Å². The summed E-state index contributed by atoms with van der Waals surface area (Å²) in [6.07, 6.45) is -5.06. The van der Waals surface area contributed by atoms with E-state index in [0.29, 0.717) is 4.90 Å². The van der Waals surface area contributed by atoms with Crippen molar-refractivity contribution in [1.29, 1.82) is 0 Å². The molecule has 0 fully saturated rings. The molecule has 0 saturated carbocycles. The first kappa shape index (κ1) is 15.8. The van der Waals surface area contributed by atoms with Crippen molar-refractivity contribution in [3.63, 3.8) is 0 Å². The topological polar surface area (TPSA) is 76.3 Å². The Balaban J connectivity index is 2.40. The minimum atomic E-state index is -4.99. The molecule has 114 valence electrons. The van der Waals surface area contributed by atoms with Crippen LogP contribution in [0.5, 0.6) is 0 Å². The molecule has 0 spiro atoms. The van der Waals surface area contributed by atoms with Crippen LogP contribution in [0.1, 0.15) is 11.3 Å². The van der Waals surface area contributed by atoms with Gasteiger partial charge in [0.15, 0.2) is 0 Å². The minimum Gasteiger partial charge on any atom is -0.329 e. The van der Waals surface area contributed by atoms with Gasteiger partial charge in [-0.25, -0.2) is 4.98 Å². The van der Waals surface area contributed by atoms with Crippen LogP contribution in [0.3, 0.4) is 0 Å². The predicted molar refractivity (Wildman–Crippen MR) is 66.1 cm³/mol. The van der Waals surface area contributed by atoms with Gasteiger partial charge in [0.2, 0.25) is 5.15 Å². The average Bonchev–Trinajstić information content (AvgIpc) is 2.35. The zero-order valence-corrected chi connectivity index (χ0v) is 11.6. The van der Waals surface area contributed by atoms with Crippen LogP contribution >= 0.6 is 23.2 Å². The monoisotopic (exact) mass is 343 g/mol. The number of aromatic nitrogens is 1. The summed E-state index contributed by atoms with van der Waals surface area (Å²) in [4.78, 5) is 25.4. The summed E-state index contributed by atoms with van der Waals surface area (Å²) in [6, 6.07) is 0. The summed E-state index contributed by atoms with van der Waals surface area (Å²) in [5.41, 5.74) is -0.328. The molecule has 6 nitrogen and oxygen atoms in total. The molecule has 2 heterocycles. The number of hydrogen-bond acceptors (Lipinski definition) is 4. The molecule has 0 aliphatic carbocycles. The zero-order chi connectivity index (χ0) is 15.9. The summed E-state index contributed by atoms with van der Waals surface area (Å²) in [7, 11) is 0. The molecule has 0 saturated heterocycles. The van der Waals surface area contributed by atoms with Gasteiger partial charge >= 0.3 is 17.8 Å². The molecular weight excluding hydrogens is 338 g/mol. The van der Waals surface area contributed by atoms with Crippen molar-refractivity contribution in [1.82, 2.24) is 9.88 Å². The summed E-state index contributed by atoms with van der Waals surface area (Å²) in [5, 5.41) is 10.0. The first-order valence-electron chi connectivity index (χ1n) is 5.50. The summed E-state index contributed by atoms with van der Waals surface area (Å²) in [6.45, 7) is -0.712. The number of nitrogens with zero attached hydrogens (tertiary/aromatic N) is 3. The number of pyridine rings is 1. The maximum absolute atomic E-state index is 12.4. The smallest absolute Gasteiger partial charge is 0.329 e. The highest BCUT2D eigenvalue weighted by Crippen LogP contribution is 2.37. The van der Waals surface area contributed by atoms with Crippen molar-refractivity contribution < 1.29 is 22.9 Å². The molecule has 0 aromatic carbocycles. The van der Waals surface area contributed by atoms with Crippen molar-refractivity contribution in [2.75, 3.05) is 6.54 Å². The first-order chi connectivity index (χ1) is 9.62. The van der Waals surface area contributed by atoms with Crippen molar-refractivity contribution in [2.45, 2.75) is 19.1 Å². The molecule has 1 amide bonds. The Morgan fingerprint density at radius 3 is 2.52 bits per heavy atom. The number of halogens is 5. The molecule has 0 bridgehead atoms. The third kappa shape index (κ3) is 2.88. The number of nitro groups is 1. The molecule has 2 rings (SSSR count). The lowest BCUT2D eigenvalue weighted by Crippen LogP contribution is -2.44. The highest BCUT2D eigenvalue weighted by molar-refractivity contribution is 6.38. The maximum atomic E-state index is 12.4. The molecule has 1 aliphatic heterocycles. The Morgan fingerprint density at radius 2 is 2.00 bits per heavy atom. The fraction of sp³-hybridized carbons (Fsp3) is 0.400. The Kier molecular flexibility index (Phi) is 3.98. The number of carbonyl (C=O) groups is 1. The number of carbonyl (C=O) groups excluding carboxylic acids is 1. The van der Waals surface area contributed by atoms with E-state index in [2.05, 4.69) is 4.98 Å². The molecule has 0 atom stereocenters. The van der Waals surface area contributed by atoms with E-state index in [9.17, 15) is 28.1 Å². The fourth-order valence-corrected chi connectivity index (χ4v) is 2.67. The van der Waals surface area contributed by atoms with Gasteiger partial charge in [0.1, 0.15) is 5.02 Å². The number of rotatable bonds is 1. The molecule has 1 aliphatic rings. The molecule has 0 unspecified atom stereocenters. The zero-order valence-electron chi connectivity index (χ0n) is 10.1. The molecule has 0 N–H and O–H groups in total. The molecular formula is C10H6Cl2F3N3O3. The summed E-state index contributed by atoms with van der Waals surface area (Å²) < 4.78 is 37.2. The van der Waals surface area contributed by atoms with Crippen LogP contribution in [-0.4, -0.2) is 33.4 Å². The second-order valence-electron chi connectivity index (χ2n) is 4.22. The highest BCUT2D eigenvalue weighted by Gasteiger charge is 2.44. The summed E-state index contributed by atoms with van der Waals surface area (Å²) >= 11 is 11.5. The molecule has 11 heteroatoms. The van der Waals surface area contributed by atoms with E-state index >= 15 is 0 Å². The average molecular weight is 344 g/mol. The number of fused-ring (bicyclic) bond motifs is 1. The van der Waals surface area contributed by atoms with Gasteiger partial charge in [-0.2, -0.15) is 13.2 Å². The van der Waals surface area contributed by atoms with Crippen LogP contribution in [-0.2, 0) is 17.8 Å². The van der Waals surface area contributed by atoms with Crippen LogP contribution < -0.4 is 0 Å². The lowest BCUT2D eigenvalue weighted by Gasteiger charge is -2.29. The normalized spacial score (nSPS) is 14.8. The standard InChI is InChI=1S/C10H6Cl2F3N3O3/c11-6-4-1-2-17(9(19)10(13,14)15)3-5(4)16-8(12)7(6)18(20)21/h1-3H2. The van der Waals surface area contributed by atoms with Gasteiger partial charge in [0.05, 0.1) is 17.2 Å². The number of amides is 1. The Morgan fingerprint density at radius 1 is 1.38 bits per heavy atom. The molecule has 1 aromatic rings. The Hall–Kier alpha value is -1.61. The SMILES string of the molecule is O=C(N1CCc2c(nc(Cl)c([N+](=O)[O-])c2Cl)C1)C(F)(F)F. The minimum absolute atomic E-state index is 0.0273. The van der Waals surface area contributed by atoms with E-state index in [1.54, 1.807) is 0 Å². The van der Waals surface area contributed by atoms with Gasteiger partial charge in [-0.05, 0) is 6.42 Å². The van der Waals surface area contributed by atoms with Crippen LogP contribution in [0.4, 0.5) is 18.9 Å². The first-order valence-corrected chi connectivity index (χ1v) is 6.25. The van der Waals surface area contributed by atoms with E-state index in [-0.39, 0.29) is 29.2 Å². The van der Waals surface area contributed by atoms with E-state index in [1.807, 2.05) is 0 Å². The second-order valence-corrected chi connectivity index (χ2v) is 4.96. The third-order valence-electron chi connectivity index (χ3n) is 2.93. The number of hydrogen-bond donors (Lipinski definition) is 0. The predicted octanol–water partition coefficient (Wildman–Crippen LogP) is 2.74. The highest BCUT2D eigenvalue weighted by atomic mass is 35.5. The van der Waals surface area contributed by atoms with Crippen LogP contribution in [0, 0.1) is 10.1 Å². The van der Waals surface area contributed by atoms with Crippen molar-refractivity contribution in [3.8, 4) is 0 Å². The second kappa shape index (κ2) is 5.30. The number of alkyl halides is 3. The molecule has 21 heavy (non-hydrogen) atoms. The third-order valence-corrected chi connectivity index (χ3v) is 3.61. The van der Waals surface area contributed by atoms with Crippen LogP contribution in [0.15, 0.2) is 0 Å². The Labute approximate surface area is 125 Å².